The maximum absolute atomic E-state index is 4.44. The van der Waals surface area contributed by atoms with E-state index in [2.05, 4.69) is 49.7 Å². The molecule has 0 saturated carbocycles. The molecule has 0 aromatic carbocycles. The van der Waals surface area contributed by atoms with Crippen LogP contribution in [0, 0.1) is 12.8 Å². The molecule has 1 unspecified atom stereocenters. The van der Waals surface area contributed by atoms with Crippen LogP contribution in [0.3, 0.4) is 0 Å². The smallest absolute Gasteiger partial charge is 0.0540 e. The van der Waals surface area contributed by atoms with Gasteiger partial charge in [0.15, 0.2) is 0 Å². The van der Waals surface area contributed by atoms with E-state index in [-0.39, 0.29) is 0 Å². The van der Waals surface area contributed by atoms with Crippen LogP contribution in [0.15, 0.2) is 6.20 Å². The summed E-state index contributed by atoms with van der Waals surface area (Å²) in [6, 6.07) is 0.399. The lowest BCUT2D eigenvalue weighted by molar-refractivity contribution is 0.472. The molecule has 0 amide bonds. The summed E-state index contributed by atoms with van der Waals surface area (Å²) in [4.78, 5) is 0. The molecule has 0 fully saturated rings. The monoisotopic (exact) mass is 209 g/mol. The zero-order valence-corrected chi connectivity index (χ0v) is 10.5. The van der Waals surface area contributed by atoms with E-state index >= 15 is 0 Å². The van der Waals surface area contributed by atoms with Gasteiger partial charge in [-0.15, -0.1) is 0 Å². The molecule has 1 aromatic rings. The van der Waals surface area contributed by atoms with Crippen molar-refractivity contribution in [2.45, 2.75) is 47.2 Å². The number of hydrogen-bond acceptors (Lipinski definition) is 2. The summed E-state index contributed by atoms with van der Waals surface area (Å²) in [6.07, 6.45) is 1.99. The lowest BCUT2D eigenvalue weighted by atomic mass is 10.1. The van der Waals surface area contributed by atoms with Crippen LogP contribution in [-0.2, 0) is 6.54 Å². The van der Waals surface area contributed by atoms with Gasteiger partial charge in [-0.1, -0.05) is 20.8 Å². The zero-order valence-electron chi connectivity index (χ0n) is 10.5. The van der Waals surface area contributed by atoms with Gasteiger partial charge in [0.05, 0.1) is 6.20 Å². The second kappa shape index (κ2) is 5.31. The number of nitrogens with one attached hydrogen (secondary N) is 1. The lowest BCUT2D eigenvalue weighted by Crippen LogP contribution is -2.18. The Morgan fingerprint density at radius 3 is 2.60 bits per heavy atom. The van der Waals surface area contributed by atoms with Gasteiger partial charge in [0.1, 0.15) is 0 Å². The second-order valence-corrected chi connectivity index (χ2v) is 4.54. The molecule has 0 aliphatic carbocycles. The van der Waals surface area contributed by atoms with Crippen molar-refractivity contribution in [1.82, 2.24) is 15.1 Å². The summed E-state index contributed by atoms with van der Waals surface area (Å²) in [5.74, 6) is 0.644. The van der Waals surface area contributed by atoms with Crippen LogP contribution in [0.25, 0.3) is 0 Å². The van der Waals surface area contributed by atoms with Crippen LogP contribution < -0.4 is 5.32 Å². The SMILES string of the molecule is CCNC(C)c1cnn(CC(C)C)c1C. The summed E-state index contributed by atoms with van der Waals surface area (Å²) >= 11 is 0. The molecule has 0 saturated heterocycles. The molecular weight excluding hydrogens is 186 g/mol. The van der Waals surface area contributed by atoms with Crippen LogP contribution in [0.2, 0.25) is 0 Å². The van der Waals surface area contributed by atoms with Crippen molar-refractivity contribution in [1.29, 1.82) is 0 Å². The highest BCUT2D eigenvalue weighted by Gasteiger charge is 2.12. The van der Waals surface area contributed by atoms with E-state index < -0.39 is 0 Å². The van der Waals surface area contributed by atoms with Gasteiger partial charge in [0.25, 0.3) is 0 Å². The van der Waals surface area contributed by atoms with Crippen molar-refractivity contribution in [2.75, 3.05) is 6.54 Å². The molecule has 1 rings (SSSR count). The maximum atomic E-state index is 4.44. The summed E-state index contributed by atoms with van der Waals surface area (Å²) < 4.78 is 2.10. The molecule has 3 nitrogen and oxygen atoms in total. The largest absolute Gasteiger partial charge is 0.310 e. The highest BCUT2D eigenvalue weighted by Crippen LogP contribution is 2.17. The Labute approximate surface area is 92.9 Å². The van der Waals surface area contributed by atoms with E-state index in [0.717, 1.165) is 13.1 Å². The van der Waals surface area contributed by atoms with Crippen LogP contribution in [0.1, 0.15) is 45.0 Å². The Balaban J connectivity index is 2.79. The van der Waals surface area contributed by atoms with Crippen molar-refractivity contribution in [3.05, 3.63) is 17.5 Å². The summed E-state index contributed by atoms with van der Waals surface area (Å²) in [7, 11) is 0. The van der Waals surface area contributed by atoms with Crippen LogP contribution >= 0.6 is 0 Å². The Bertz CT molecular complexity index is 302. The lowest BCUT2D eigenvalue weighted by Gasteiger charge is -2.13. The second-order valence-electron chi connectivity index (χ2n) is 4.54. The minimum Gasteiger partial charge on any atom is -0.310 e. The van der Waals surface area contributed by atoms with E-state index in [9.17, 15) is 0 Å². The number of rotatable bonds is 5. The summed E-state index contributed by atoms with van der Waals surface area (Å²) in [5, 5.41) is 7.85. The maximum Gasteiger partial charge on any atom is 0.0540 e. The molecule has 15 heavy (non-hydrogen) atoms. The summed E-state index contributed by atoms with van der Waals surface area (Å²) in [6.45, 7) is 12.9. The average Bonchev–Trinajstić information content (AvgIpc) is 2.48. The van der Waals surface area contributed by atoms with Gasteiger partial charge in [0.2, 0.25) is 0 Å². The van der Waals surface area contributed by atoms with Gasteiger partial charge in [-0.3, -0.25) is 4.68 Å². The first-order chi connectivity index (χ1) is 7.06. The molecule has 0 aliphatic rings. The number of nitrogens with zero attached hydrogens (tertiary/aromatic N) is 2. The molecule has 0 spiro atoms. The van der Waals surface area contributed by atoms with E-state index in [1.54, 1.807) is 0 Å². The Kier molecular flexibility index (Phi) is 4.33. The fourth-order valence-corrected chi connectivity index (χ4v) is 1.83. The first-order valence-corrected chi connectivity index (χ1v) is 5.82. The predicted octanol–water partition coefficient (Wildman–Crippen LogP) is 2.52. The van der Waals surface area contributed by atoms with Crippen molar-refractivity contribution in [2.24, 2.45) is 5.92 Å². The number of hydrogen-bond donors (Lipinski definition) is 1. The average molecular weight is 209 g/mol. The van der Waals surface area contributed by atoms with Crippen molar-refractivity contribution in [3.63, 3.8) is 0 Å². The van der Waals surface area contributed by atoms with Crippen LogP contribution in [0.5, 0.6) is 0 Å². The minimum atomic E-state index is 0.399. The molecule has 0 aliphatic heterocycles. The third kappa shape index (κ3) is 3.06. The molecule has 86 valence electrons. The minimum absolute atomic E-state index is 0.399. The third-order valence-electron chi connectivity index (χ3n) is 2.66. The molecule has 0 bridgehead atoms. The van der Waals surface area contributed by atoms with Gasteiger partial charge in [0, 0.05) is 23.8 Å². The van der Waals surface area contributed by atoms with E-state index in [0.29, 0.717) is 12.0 Å². The highest BCUT2D eigenvalue weighted by molar-refractivity contribution is 5.19. The fourth-order valence-electron chi connectivity index (χ4n) is 1.83. The van der Waals surface area contributed by atoms with Gasteiger partial charge < -0.3 is 5.32 Å². The van der Waals surface area contributed by atoms with Crippen molar-refractivity contribution >= 4 is 0 Å². The molecule has 1 N–H and O–H groups in total. The van der Waals surface area contributed by atoms with Gasteiger partial charge in [-0.25, -0.2) is 0 Å². The van der Waals surface area contributed by atoms with Crippen LogP contribution in [0.4, 0.5) is 0 Å². The standard InChI is InChI=1S/C12H23N3/c1-6-13-10(4)12-7-14-15(11(12)5)8-9(2)3/h7,9-10,13H,6,8H2,1-5H3. The fraction of sp³-hybridized carbons (Fsp3) is 0.750. The Hall–Kier alpha value is -0.830. The Morgan fingerprint density at radius 1 is 1.40 bits per heavy atom. The molecule has 0 radical (unpaired) electrons. The topological polar surface area (TPSA) is 29.9 Å². The third-order valence-corrected chi connectivity index (χ3v) is 2.66. The van der Waals surface area contributed by atoms with E-state index in [1.807, 2.05) is 6.20 Å². The normalized spacial score (nSPS) is 13.5. The zero-order chi connectivity index (χ0) is 11.4. The van der Waals surface area contributed by atoms with E-state index in [1.165, 1.54) is 11.3 Å². The van der Waals surface area contributed by atoms with Crippen molar-refractivity contribution in [3.8, 4) is 0 Å². The van der Waals surface area contributed by atoms with Gasteiger partial charge in [-0.2, -0.15) is 5.10 Å². The van der Waals surface area contributed by atoms with Gasteiger partial charge >= 0.3 is 0 Å². The van der Waals surface area contributed by atoms with E-state index in [4.69, 9.17) is 0 Å². The first kappa shape index (κ1) is 12.2. The van der Waals surface area contributed by atoms with Crippen molar-refractivity contribution < 1.29 is 0 Å². The van der Waals surface area contributed by atoms with Crippen LogP contribution in [-0.4, -0.2) is 16.3 Å². The molecule has 1 heterocycles. The molecule has 3 heteroatoms. The first-order valence-electron chi connectivity index (χ1n) is 5.82. The molecule has 1 aromatic heterocycles. The molecule has 1 atom stereocenters. The molecular formula is C12H23N3. The Morgan fingerprint density at radius 2 is 2.07 bits per heavy atom. The van der Waals surface area contributed by atoms with Gasteiger partial charge in [-0.05, 0) is 26.3 Å². The number of aromatic nitrogens is 2. The quantitative estimate of drug-likeness (QED) is 0.807. The summed E-state index contributed by atoms with van der Waals surface area (Å²) in [5.41, 5.74) is 2.61. The highest BCUT2D eigenvalue weighted by atomic mass is 15.3. The predicted molar refractivity (Wildman–Crippen MR) is 63.9 cm³/mol.